The van der Waals surface area contributed by atoms with Crippen LogP contribution in [-0.4, -0.2) is 30.1 Å². The van der Waals surface area contributed by atoms with Crippen molar-refractivity contribution in [2.45, 2.75) is 19.5 Å². The van der Waals surface area contributed by atoms with Crippen LogP contribution < -0.4 is 0 Å². The lowest BCUT2D eigenvalue weighted by Crippen LogP contribution is -2.36. The van der Waals surface area contributed by atoms with Crippen LogP contribution in [0, 0.1) is 6.92 Å². The molecule has 108 valence electrons. The zero-order chi connectivity index (χ0) is 14.9. The number of hydrogen-bond donors (Lipinski definition) is 0. The summed E-state index contributed by atoms with van der Waals surface area (Å²) in [6, 6.07) is 5.17. The molecule has 0 fully saturated rings. The maximum atomic E-state index is 12.5. The lowest BCUT2D eigenvalue weighted by molar-refractivity contribution is -0.0957. The van der Waals surface area contributed by atoms with Crippen molar-refractivity contribution < 1.29 is 18.0 Å². The van der Waals surface area contributed by atoms with Crippen LogP contribution in [-0.2, 0) is 0 Å². The Morgan fingerprint density at radius 2 is 2.05 bits per heavy atom. The summed E-state index contributed by atoms with van der Waals surface area (Å²) in [5.41, 5.74) is 0.863. The van der Waals surface area contributed by atoms with E-state index in [1.165, 1.54) is 4.90 Å². The molecule has 0 N–H and O–H groups in total. The van der Waals surface area contributed by atoms with Crippen molar-refractivity contribution in [1.82, 2.24) is 4.90 Å². The zero-order valence-corrected chi connectivity index (χ0v) is 12.4. The highest BCUT2D eigenvalue weighted by atomic mass is 79.9. The highest BCUT2D eigenvalue weighted by Gasteiger charge is 2.35. The fourth-order valence-corrected chi connectivity index (χ4v) is 2.32. The normalized spacial score (nSPS) is 16.1. The van der Waals surface area contributed by atoms with Crippen LogP contribution in [0.2, 0.25) is 0 Å². The Morgan fingerprint density at radius 1 is 1.35 bits per heavy atom. The van der Waals surface area contributed by atoms with Crippen LogP contribution in [0.4, 0.5) is 13.2 Å². The van der Waals surface area contributed by atoms with Crippen LogP contribution in [0.1, 0.15) is 22.3 Å². The van der Waals surface area contributed by atoms with Gasteiger partial charge in [-0.25, -0.2) is 0 Å². The van der Waals surface area contributed by atoms with Crippen LogP contribution in [0.3, 0.4) is 0 Å². The van der Waals surface area contributed by atoms with E-state index in [1.807, 2.05) is 6.92 Å². The van der Waals surface area contributed by atoms with E-state index in [-0.39, 0.29) is 25.4 Å². The molecule has 0 bridgehead atoms. The Hall–Kier alpha value is -1.30. The molecule has 0 aliphatic carbocycles. The Bertz CT molecular complexity index is 566. The van der Waals surface area contributed by atoms with Gasteiger partial charge in [0.15, 0.2) is 0 Å². The number of rotatable bonds is 1. The van der Waals surface area contributed by atoms with Crippen molar-refractivity contribution in [2.24, 2.45) is 0 Å². The van der Waals surface area contributed by atoms with Gasteiger partial charge >= 0.3 is 6.18 Å². The molecule has 1 aliphatic rings. The van der Waals surface area contributed by atoms with Gasteiger partial charge in [-0.1, -0.05) is 22.0 Å². The van der Waals surface area contributed by atoms with Crippen LogP contribution in [0.15, 0.2) is 34.3 Å². The van der Waals surface area contributed by atoms with E-state index < -0.39 is 11.7 Å². The molecule has 0 radical (unpaired) electrons. The van der Waals surface area contributed by atoms with E-state index >= 15 is 0 Å². The summed E-state index contributed by atoms with van der Waals surface area (Å²) in [5.74, 6) is -0.238. The number of amides is 1. The monoisotopic (exact) mass is 347 g/mol. The number of halogens is 4. The number of benzene rings is 1. The number of nitrogens with zero attached hydrogens (tertiary/aromatic N) is 1. The summed E-state index contributed by atoms with van der Waals surface area (Å²) in [7, 11) is 0. The summed E-state index contributed by atoms with van der Waals surface area (Å²) in [6.07, 6.45) is -3.35. The molecule has 0 spiro atoms. The van der Waals surface area contributed by atoms with E-state index in [0.29, 0.717) is 5.56 Å². The molecule has 20 heavy (non-hydrogen) atoms. The average Bonchev–Trinajstić information content (AvgIpc) is 2.40. The molecule has 6 heteroatoms. The number of aryl methyl sites for hydroxylation is 1. The third-order valence-corrected chi connectivity index (χ3v) is 4.16. The van der Waals surface area contributed by atoms with Crippen LogP contribution in [0.25, 0.3) is 0 Å². The highest BCUT2D eigenvalue weighted by molar-refractivity contribution is 9.10. The van der Waals surface area contributed by atoms with E-state index in [1.54, 1.807) is 18.2 Å². The van der Waals surface area contributed by atoms with Gasteiger partial charge in [0, 0.05) is 28.7 Å². The first-order chi connectivity index (χ1) is 9.29. The summed E-state index contributed by atoms with van der Waals surface area (Å²) < 4.78 is 38.4. The van der Waals surface area contributed by atoms with E-state index in [2.05, 4.69) is 15.9 Å². The van der Waals surface area contributed by atoms with Gasteiger partial charge in [0.1, 0.15) is 0 Å². The summed E-state index contributed by atoms with van der Waals surface area (Å²) >= 11 is 3.34. The largest absolute Gasteiger partial charge is 0.412 e. The number of alkyl halides is 3. The molecule has 1 aromatic carbocycles. The average molecular weight is 348 g/mol. The van der Waals surface area contributed by atoms with Crippen molar-refractivity contribution in [1.29, 1.82) is 0 Å². The maximum Gasteiger partial charge on any atom is 0.412 e. The van der Waals surface area contributed by atoms with E-state index in [0.717, 1.165) is 16.1 Å². The van der Waals surface area contributed by atoms with Gasteiger partial charge in [0.2, 0.25) is 0 Å². The Labute approximate surface area is 123 Å². The van der Waals surface area contributed by atoms with Gasteiger partial charge in [-0.15, -0.1) is 0 Å². The highest BCUT2D eigenvalue weighted by Crippen LogP contribution is 2.30. The van der Waals surface area contributed by atoms with Gasteiger partial charge < -0.3 is 4.90 Å². The van der Waals surface area contributed by atoms with Gasteiger partial charge in [-0.3, -0.25) is 4.79 Å². The molecule has 0 saturated carbocycles. The SMILES string of the molecule is Cc1cc(C(=O)N2CC=C(C(F)(F)F)CC2)ccc1Br. The number of hydrogen-bond acceptors (Lipinski definition) is 1. The molecule has 1 aromatic rings. The van der Waals surface area contributed by atoms with Gasteiger partial charge in [0.05, 0.1) is 0 Å². The fraction of sp³-hybridized carbons (Fsp3) is 0.357. The lowest BCUT2D eigenvalue weighted by atomic mass is 10.1. The number of carbonyl (C=O) groups is 1. The second-order valence-corrected chi connectivity index (χ2v) is 5.55. The predicted octanol–water partition coefficient (Wildman–Crippen LogP) is 4.09. The Morgan fingerprint density at radius 3 is 2.55 bits per heavy atom. The first-order valence-electron chi connectivity index (χ1n) is 6.10. The molecule has 1 aliphatic heterocycles. The predicted molar refractivity (Wildman–Crippen MR) is 73.5 cm³/mol. The molecular formula is C14H13BrF3NO. The Kier molecular flexibility index (Phi) is 4.22. The minimum atomic E-state index is -4.29. The third kappa shape index (κ3) is 3.23. The standard InChI is InChI=1S/C14H13BrF3NO/c1-9-8-10(2-3-12(9)15)13(20)19-6-4-11(5-7-19)14(16,17)18/h2-4,8H,5-7H2,1H3. The first kappa shape index (κ1) is 15.1. The maximum absolute atomic E-state index is 12.5. The third-order valence-electron chi connectivity index (χ3n) is 3.27. The Balaban J connectivity index is 2.12. The summed E-state index contributed by atoms with van der Waals surface area (Å²) in [4.78, 5) is 13.6. The minimum Gasteiger partial charge on any atom is -0.335 e. The first-order valence-corrected chi connectivity index (χ1v) is 6.90. The second-order valence-electron chi connectivity index (χ2n) is 4.69. The van der Waals surface area contributed by atoms with Gasteiger partial charge in [-0.2, -0.15) is 13.2 Å². The van der Waals surface area contributed by atoms with Crippen molar-refractivity contribution in [3.8, 4) is 0 Å². The summed E-state index contributed by atoms with van der Waals surface area (Å²) in [5, 5.41) is 0. The molecule has 0 unspecified atom stereocenters. The number of carbonyl (C=O) groups excluding carboxylic acids is 1. The molecule has 0 atom stereocenters. The molecule has 2 rings (SSSR count). The minimum absolute atomic E-state index is 0.00277. The molecular weight excluding hydrogens is 335 g/mol. The van der Waals surface area contributed by atoms with Crippen molar-refractivity contribution in [3.63, 3.8) is 0 Å². The second kappa shape index (κ2) is 5.60. The molecule has 2 nitrogen and oxygen atoms in total. The van der Waals surface area contributed by atoms with E-state index in [9.17, 15) is 18.0 Å². The molecule has 1 heterocycles. The van der Waals surface area contributed by atoms with Crippen molar-refractivity contribution >= 4 is 21.8 Å². The van der Waals surface area contributed by atoms with Crippen molar-refractivity contribution in [3.05, 3.63) is 45.4 Å². The summed E-state index contributed by atoms with van der Waals surface area (Å²) in [6.45, 7) is 1.96. The van der Waals surface area contributed by atoms with Crippen LogP contribution in [0.5, 0.6) is 0 Å². The zero-order valence-electron chi connectivity index (χ0n) is 10.8. The lowest BCUT2D eigenvalue weighted by Gasteiger charge is -2.27. The molecule has 1 amide bonds. The quantitative estimate of drug-likeness (QED) is 0.700. The fourth-order valence-electron chi connectivity index (χ4n) is 2.07. The van der Waals surface area contributed by atoms with Gasteiger partial charge in [0.25, 0.3) is 5.91 Å². The van der Waals surface area contributed by atoms with Gasteiger partial charge in [-0.05, 0) is 37.1 Å². The molecule has 0 aromatic heterocycles. The van der Waals surface area contributed by atoms with E-state index in [4.69, 9.17) is 0 Å². The molecule has 0 saturated heterocycles. The topological polar surface area (TPSA) is 20.3 Å². The van der Waals surface area contributed by atoms with Crippen LogP contribution >= 0.6 is 15.9 Å². The van der Waals surface area contributed by atoms with Crippen molar-refractivity contribution in [2.75, 3.05) is 13.1 Å². The smallest absolute Gasteiger partial charge is 0.335 e.